The monoisotopic (exact) mass is 368 g/mol. The van der Waals surface area contributed by atoms with Crippen molar-refractivity contribution >= 4 is 35.9 Å². The van der Waals surface area contributed by atoms with Crippen LogP contribution in [-0.2, 0) is 19.3 Å². The third-order valence-electron chi connectivity index (χ3n) is 3.86. The summed E-state index contributed by atoms with van der Waals surface area (Å²) < 4.78 is 5.58. The maximum atomic E-state index is 6.07. The highest BCUT2D eigenvalue weighted by Gasteiger charge is 2.14. The van der Waals surface area contributed by atoms with Gasteiger partial charge in [0.1, 0.15) is 16.6 Å². The summed E-state index contributed by atoms with van der Waals surface area (Å²) in [6.45, 7) is 4.27. The number of hydrogen-bond donors (Lipinski definition) is 2. The Morgan fingerprint density at radius 2 is 1.67 bits per heavy atom. The summed E-state index contributed by atoms with van der Waals surface area (Å²) in [4.78, 5) is 8.40. The average Bonchev–Trinajstić information content (AvgIpc) is 2.55. The second-order valence-corrected chi connectivity index (χ2v) is 6.08. The second kappa shape index (κ2) is 8.99. The lowest BCUT2D eigenvalue weighted by Gasteiger charge is -2.16. The van der Waals surface area contributed by atoms with Crippen molar-refractivity contribution in [1.82, 2.24) is 9.97 Å². The van der Waals surface area contributed by atoms with Crippen LogP contribution in [0.15, 0.2) is 17.2 Å². The molecule has 24 heavy (non-hydrogen) atoms. The molecule has 0 aliphatic carbocycles. The zero-order valence-corrected chi connectivity index (χ0v) is 16.2. The molecule has 4 N–H and O–H groups in total. The number of anilines is 2. The van der Waals surface area contributed by atoms with E-state index in [1.807, 2.05) is 6.26 Å². The SMILES string of the molecule is CCc1cc(Cc2c(N)nc(N)nc2SC)cc(CC)c1OC.Cl. The summed E-state index contributed by atoms with van der Waals surface area (Å²) in [5.74, 6) is 1.66. The number of halogens is 1. The van der Waals surface area contributed by atoms with Gasteiger partial charge >= 0.3 is 0 Å². The van der Waals surface area contributed by atoms with E-state index in [9.17, 15) is 0 Å². The van der Waals surface area contributed by atoms with E-state index in [4.69, 9.17) is 16.2 Å². The molecule has 0 fully saturated rings. The molecule has 0 radical (unpaired) electrons. The van der Waals surface area contributed by atoms with Crippen LogP contribution >= 0.6 is 24.2 Å². The molecular formula is C17H25ClN4OS. The number of nitrogens with zero attached hydrogens (tertiary/aromatic N) is 2. The van der Waals surface area contributed by atoms with Crippen molar-refractivity contribution in [2.45, 2.75) is 38.1 Å². The summed E-state index contributed by atoms with van der Waals surface area (Å²) >= 11 is 1.53. The van der Waals surface area contributed by atoms with Crippen LogP contribution in [0.3, 0.4) is 0 Å². The predicted octanol–water partition coefficient (Wildman–Crippen LogP) is 3.51. The first-order chi connectivity index (χ1) is 11.0. The first kappa shape index (κ1) is 20.4. The average molecular weight is 369 g/mol. The molecule has 5 nitrogen and oxygen atoms in total. The molecule has 1 aromatic heterocycles. The van der Waals surface area contributed by atoms with E-state index in [1.165, 1.54) is 28.5 Å². The van der Waals surface area contributed by atoms with Crippen molar-refractivity contribution in [1.29, 1.82) is 0 Å². The Bertz CT molecular complexity index is 684. The predicted molar refractivity (Wildman–Crippen MR) is 104 cm³/mol. The molecule has 0 aliphatic heterocycles. The van der Waals surface area contributed by atoms with Crippen LogP contribution in [0.4, 0.5) is 11.8 Å². The molecule has 2 rings (SSSR count). The van der Waals surface area contributed by atoms with Crippen molar-refractivity contribution in [3.05, 3.63) is 34.4 Å². The Kier molecular flexibility index (Phi) is 7.63. The summed E-state index contributed by atoms with van der Waals surface area (Å²) in [7, 11) is 1.73. The molecule has 0 amide bonds. The van der Waals surface area contributed by atoms with Crippen LogP contribution in [0.5, 0.6) is 5.75 Å². The lowest BCUT2D eigenvalue weighted by molar-refractivity contribution is 0.405. The summed E-state index contributed by atoms with van der Waals surface area (Å²) in [6, 6.07) is 4.36. The van der Waals surface area contributed by atoms with Crippen LogP contribution in [-0.4, -0.2) is 23.3 Å². The van der Waals surface area contributed by atoms with E-state index >= 15 is 0 Å². The van der Waals surface area contributed by atoms with Gasteiger partial charge in [-0.3, -0.25) is 0 Å². The van der Waals surface area contributed by atoms with Gasteiger partial charge in [-0.25, -0.2) is 4.98 Å². The minimum Gasteiger partial charge on any atom is -0.496 e. The fraction of sp³-hybridized carbons (Fsp3) is 0.412. The fourth-order valence-corrected chi connectivity index (χ4v) is 3.36. The van der Waals surface area contributed by atoms with Gasteiger partial charge in [-0.1, -0.05) is 26.0 Å². The number of benzene rings is 1. The molecule has 0 saturated carbocycles. The minimum atomic E-state index is 0. The van der Waals surface area contributed by atoms with Crippen LogP contribution in [0.1, 0.15) is 36.1 Å². The van der Waals surface area contributed by atoms with Gasteiger partial charge in [0, 0.05) is 12.0 Å². The van der Waals surface area contributed by atoms with Gasteiger partial charge in [0.25, 0.3) is 0 Å². The smallest absolute Gasteiger partial charge is 0.223 e. The van der Waals surface area contributed by atoms with Gasteiger partial charge in [0.15, 0.2) is 0 Å². The number of aromatic nitrogens is 2. The zero-order valence-electron chi connectivity index (χ0n) is 14.5. The number of nitrogen functional groups attached to an aromatic ring is 2. The first-order valence-corrected chi connectivity index (χ1v) is 8.90. The number of methoxy groups -OCH3 is 1. The van der Waals surface area contributed by atoms with Gasteiger partial charge in [-0.15, -0.1) is 24.2 Å². The van der Waals surface area contributed by atoms with E-state index in [-0.39, 0.29) is 18.4 Å². The quantitative estimate of drug-likeness (QED) is 0.599. The molecule has 0 bridgehead atoms. The first-order valence-electron chi connectivity index (χ1n) is 7.68. The highest BCUT2D eigenvalue weighted by Crippen LogP contribution is 2.31. The zero-order chi connectivity index (χ0) is 17.0. The Hall–Kier alpha value is -1.66. The minimum absolute atomic E-state index is 0. The number of hydrogen-bond acceptors (Lipinski definition) is 6. The Morgan fingerprint density at radius 1 is 1.08 bits per heavy atom. The van der Waals surface area contributed by atoms with Gasteiger partial charge in [-0.2, -0.15) is 4.98 Å². The van der Waals surface area contributed by atoms with Gasteiger partial charge in [0.05, 0.1) is 7.11 Å². The van der Waals surface area contributed by atoms with Gasteiger partial charge in [-0.05, 0) is 35.8 Å². The molecule has 0 spiro atoms. The highest BCUT2D eigenvalue weighted by atomic mass is 35.5. The summed E-state index contributed by atoms with van der Waals surface area (Å²) in [5.41, 5.74) is 16.3. The summed E-state index contributed by atoms with van der Waals surface area (Å²) in [5, 5.41) is 0.835. The van der Waals surface area contributed by atoms with Crippen molar-refractivity contribution in [3.8, 4) is 5.75 Å². The van der Waals surface area contributed by atoms with E-state index in [0.29, 0.717) is 12.2 Å². The molecule has 7 heteroatoms. The molecular weight excluding hydrogens is 344 g/mol. The number of thioether (sulfide) groups is 1. The summed E-state index contributed by atoms with van der Waals surface area (Å²) in [6.07, 6.45) is 4.50. The Balaban J connectivity index is 0.00000288. The Morgan fingerprint density at radius 3 is 2.12 bits per heavy atom. The van der Waals surface area contributed by atoms with E-state index in [1.54, 1.807) is 7.11 Å². The standard InChI is InChI=1S/C17H24N4OS.ClH/c1-5-11-7-10(8-12(6-2)14(11)22-3)9-13-15(18)20-17(19)21-16(13)23-4;/h7-8H,5-6,9H2,1-4H3,(H4,18,19,20,21);1H. The van der Waals surface area contributed by atoms with Crippen LogP contribution < -0.4 is 16.2 Å². The largest absolute Gasteiger partial charge is 0.496 e. The maximum Gasteiger partial charge on any atom is 0.223 e. The lowest BCUT2D eigenvalue weighted by Crippen LogP contribution is -2.07. The normalized spacial score (nSPS) is 10.3. The molecule has 0 saturated heterocycles. The molecule has 1 heterocycles. The molecule has 0 atom stereocenters. The molecule has 1 aromatic carbocycles. The Labute approximate surface area is 154 Å². The molecule has 0 aliphatic rings. The number of aryl methyl sites for hydroxylation is 2. The van der Waals surface area contributed by atoms with Crippen molar-refractivity contribution in [2.75, 3.05) is 24.8 Å². The van der Waals surface area contributed by atoms with Crippen LogP contribution in [0.25, 0.3) is 0 Å². The van der Waals surface area contributed by atoms with Crippen molar-refractivity contribution in [3.63, 3.8) is 0 Å². The maximum absolute atomic E-state index is 6.07. The molecule has 0 unspecified atom stereocenters. The number of nitrogens with two attached hydrogens (primary N) is 2. The lowest BCUT2D eigenvalue weighted by atomic mass is 9.97. The van der Waals surface area contributed by atoms with Crippen LogP contribution in [0, 0.1) is 0 Å². The van der Waals surface area contributed by atoms with E-state index < -0.39 is 0 Å². The molecule has 2 aromatic rings. The van der Waals surface area contributed by atoms with Gasteiger partial charge in [0.2, 0.25) is 5.95 Å². The molecule has 132 valence electrons. The highest BCUT2D eigenvalue weighted by molar-refractivity contribution is 7.98. The van der Waals surface area contributed by atoms with Crippen molar-refractivity contribution < 1.29 is 4.74 Å². The topological polar surface area (TPSA) is 87.0 Å². The van der Waals surface area contributed by atoms with Crippen molar-refractivity contribution in [2.24, 2.45) is 0 Å². The van der Waals surface area contributed by atoms with Gasteiger partial charge < -0.3 is 16.2 Å². The van der Waals surface area contributed by atoms with E-state index in [2.05, 4.69) is 35.9 Å². The van der Waals surface area contributed by atoms with Crippen LogP contribution in [0.2, 0.25) is 0 Å². The number of ether oxygens (including phenoxy) is 1. The fourth-order valence-electron chi connectivity index (χ4n) is 2.75. The second-order valence-electron chi connectivity index (χ2n) is 5.29. The third kappa shape index (κ3) is 4.24. The third-order valence-corrected chi connectivity index (χ3v) is 4.59. The van der Waals surface area contributed by atoms with E-state index in [0.717, 1.165) is 29.2 Å². The number of rotatable bonds is 6.